The van der Waals surface area contributed by atoms with Crippen molar-refractivity contribution in [2.45, 2.75) is 19.9 Å². The van der Waals surface area contributed by atoms with Gasteiger partial charge in [0.25, 0.3) is 0 Å². The van der Waals surface area contributed by atoms with Gasteiger partial charge in [-0.15, -0.1) is 0 Å². The first-order chi connectivity index (χ1) is 9.65. The van der Waals surface area contributed by atoms with Crippen molar-refractivity contribution in [3.63, 3.8) is 0 Å². The fraction of sp³-hybridized carbons (Fsp3) is 0.294. The average Bonchev–Trinajstić information content (AvgIpc) is 2.48. The van der Waals surface area contributed by atoms with Crippen LogP contribution in [0, 0.1) is 13.8 Å². The van der Waals surface area contributed by atoms with Crippen LogP contribution in [0.1, 0.15) is 28.3 Å². The van der Waals surface area contributed by atoms with Gasteiger partial charge in [0.05, 0.1) is 6.04 Å². The molecule has 1 atom stereocenters. The van der Waals surface area contributed by atoms with E-state index in [0.717, 1.165) is 22.6 Å². The molecule has 0 aromatic heterocycles. The van der Waals surface area contributed by atoms with Crippen molar-refractivity contribution >= 4 is 0 Å². The quantitative estimate of drug-likeness (QED) is 0.911. The van der Waals surface area contributed by atoms with Crippen LogP contribution in [0.3, 0.4) is 0 Å². The lowest BCUT2D eigenvalue weighted by Crippen LogP contribution is -2.17. The lowest BCUT2D eigenvalue weighted by atomic mass is 9.94. The molecule has 104 valence electrons. The van der Waals surface area contributed by atoms with Gasteiger partial charge in [0.15, 0.2) is 11.5 Å². The summed E-state index contributed by atoms with van der Waals surface area (Å²) in [5, 5.41) is 0. The Morgan fingerprint density at radius 2 is 1.70 bits per heavy atom. The van der Waals surface area contributed by atoms with Gasteiger partial charge in [0.1, 0.15) is 13.2 Å². The molecule has 3 nitrogen and oxygen atoms in total. The lowest BCUT2D eigenvalue weighted by Gasteiger charge is -2.21. The highest BCUT2D eigenvalue weighted by molar-refractivity contribution is 5.47. The summed E-state index contributed by atoms with van der Waals surface area (Å²) in [5.74, 6) is 1.59. The minimum absolute atomic E-state index is 0.147. The van der Waals surface area contributed by atoms with Gasteiger partial charge in [-0.05, 0) is 42.7 Å². The average molecular weight is 269 g/mol. The third kappa shape index (κ3) is 2.37. The van der Waals surface area contributed by atoms with Crippen LogP contribution in [-0.2, 0) is 0 Å². The molecule has 1 aliphatic rings. The van der Waals surface area contributed by atoms with Crippen LogP contribution in [-0.4, -0.2) is 13.2 Å². The molecule has 0 aliphatic carbocycles. The van der Waals surface area contributed by atoms with Crippen LogP contribution in [0.4, 0.5) is 0 Å². The Balaban J connectivity index is 1.97. The molecular weight excluding hydrogens is 250 g/mol. The molecule has 0 saturated carbocycles. The lowest BCUT2D eigenvalue weighted by molar-refractivity contribution is 0.171. The maximum Gasteiger partial charge on any atom is 0.161 e. The topological polar surface area (TPSA) is 44.5 Å². The molecule has 0 spiro atoms. The maximum absolute atomic E-state index is 6.42. The number of aryl methyl sites for hydroxylation is 2. The Kier molecular flexibility index (Phi) is 3.36. The minimum Gasteiger partial charge on any atom is -0.486 e. The second-order valence-electron chi connectivity index (χ2n) is 5.24. The van der Waals surface area contributed by atoms with E-state index >= 15 is 0 Å². The first-order valence-corrected chi connectivity index (χ1v) is 6.87. The number of fused-ring (bicyclic) bond motifs is 1. The van der Waals surface area contributed by atoms with E-state index in [4.69, 9.17) is 15.2 Å². The van der Waals surface area contributed by atoms with E-state index in [0.29, 0.717) is 13.2 Å². The van der Waals surface area contributed by atoms with Crippen LogP contribution in [0.25, 0.3) is 0 Å². The molecule has 2 N–H and O–H groups in total. The highest BCUT2D eigenvalue weighted by atomic mass is 16.6. The van der Waals surface area contributed by atoms with Crippen molar-refractivity contribution in [3.8, 4) is 11.5 Å². The Bertz CT molecular complexity index is 637. The highest BCUT2D eigenvalue weighted by Gasteiger charge is 2.17. The largest absolute Gasteiger partial charge is 0.486 e. The SMILES string of the molecule is Cc1ccc(C)c(C(N)c2ccc3c(c2)OCCO3)c1. The Labute approximate surface area is 119 Å². The van der Waals surface area contributed by atoms with E-state index in [2.05, 4.69) is 32.0 Å². The number of hydrogen-bond acceptors (Lipinski definition) is 3. The molecule has 0 bridgehead atoms. The fourth-order valence-electron chi connectivity index (χ4n) is 2.53. The second kappa shape index (κ2) is 5.17. The van der Waals surface area contributed by atoms with E-state index in [-0.39, 0.29) is 6.04 Å². The molecule has 0 saturated heterocycles. The molecule has 0 radical (unpaired) electrons. The van der Waals surface area contributed by atoms with Gasteiger partial charge >= 0.3 is 0 Å². The van der Waals surface area contributed by atoms with Gasteiger partial charge in [-0.2, -0.15) is 0 Å². The van der Waals surface area contributed by atoms with Gasteiger partial charge in [0.2, 0.25) is 0 Å². The molecule has 3 rings (SSSR count). The third-order valence-electron chi connectivity index (χ3n) is 3.70. The molecule has 2 aromatic carbocycles. The van der Waals surface area contributed by atoms with Crippen molar-refractivity contribution in [3.05, 3.63) is 58.7 Å². The van der Waals surface area contributed by atoms with Gasteiger partial charge in [0, 0.05) is 0 Å². The zero-order valence-corrected chi connectivity index (χ0v) is 11.8. The van der Waals surface area contributed by atoms with Crippen molar-refractivity contribution < 1.29 is 9.47 Å². The molecular formula is C17H19NO2. The van der Waals surface area contributed by atoms with E-state index in [1.807, 2.05) is 18.2 Å². The van der Waals surface area contributed by atoms with Gasteiger partial charge in [-0.25, -0.2) is 0 Å². The molecule has 3 heteroatoms. The Hall–Kier alpha value is -2.00. The number of nitrogens with two attached hydrogens (primary N) is 1. The first-order valence-electron chi connectivity index (χ1n) is 6.87. The Morgan fingerprint density at radius 3 is 2.50 bits per heavy atom. The van der Waals surface area contributed by atoms with Crippen molar-refractivity contribution in [1.29, 1.82) is 0 Å². The van der Waals surface area contributed by atoms with E-state index in [1.165, 1.54) is 11.1 Å². The van der Waals surface area contributed by atoms with Crippen molar-refractivity contribution in [2.24, 2.45) is 5.73 Å². The number of benzene rings is 2. The summed E-state index contributed by atoms with van der Waals surface area (Å²) in [7, 11) is 0. The van der Waals surface area contributed by atoms with E-state index < -0.39 is 0 Å². The molecule has 0 fully saturated rings. The van der Waals surface area contributed by atoms with Crippen molar-refractivity contribution in [2.75, 3.05) is 13.2 Å². The van der Waals surface area contributed by atoms with Crippen LogP contribution in [0.15, 0.2) is 36.4 Å². The fourth-order valence-corrected chi connectivity index (χ4v) is 2.53. The maximum atomic E-state index is 6.42. The summed E-state index contributed by atoms with van der Waals surface area (Å²) >= 11 is 0. The summed E-state index contributed by atoms with van der Waals surface area (Å²) in [6.07, 6.45) is 0. The predicted octanol–water partition coefficient (Wildman–Crippen LogP) is 3.12. The summed E-state index contributed by atoms with van der Waals surface area (Å²) in [5.41, 5.74) is 11.0. The summed E-state index contributed by atoms with van der Waals surface area (Å²) in [6.45, 7) is 5.37. The van der Waals surface area contributed by atoms with Crippen molar-refractivity contribution in [1.82, 2.24) is 0 Å². The monoisotopic (exact) mass is 269 g/mol. The molecule has 0 amide bonds. The van der Waals surface area contributed by atoms with Crippen LogP contribution in [0.2, 0.25) is 0 Å². The van der Waals surface area contributed by atoms with Crippen LogP contribution in [0.5, 0.6) is 11.5 Å². The zero-order valence-electron chi connectivity index (χ0n) is 11.8. The molecule has 20 heavy (non-hydrogen) atoms. The minimum atomic E-state index is -0.147. The number of hydrogen-bond donors (Lipinski definition) is 1. The highest BCUT2D eigenvalue weighted by Crippen LogP contribution is 2.34. The molecule has 1 heterocycles. The third-order valence-corrected chi connectivity index (χ3v) is 3.70. The van der Waals surface area contributed by atoms with Crippen LogP contribution < -0.4 is 15.2 Å². The first kappa shape index (κ1) is 13.0. The standard InChI is InChI=1S/C17H19NO2/c1-11-3-4-12(2)14(9-11)17(18)13-5-6-15-16(10-13)20-8-7-19-15/h3-6,9-10,17H,7-8,18H2,1-2H3. The van der Waals surface area contributed by atoms with Crippen LogP contribution >= 0.6 is 0 Å². The second-order valence-corrected chi connectivity index (χ2v) is 5.24. The van der Waals surface area contributed by atoms with Gasteiger partial charge < -0.3 is 15.2 Å². The van der Waals surface area contributed by atoms with E-state index in [1.54, 1.807) is 0 Å². The normalized spacial score (nSPS) is 14.9. The molecule has 1 unspecified atom stereocenters. The number of rotatable bonds is 2. The smallest absolute Gasteiger partial charge is 0.161 e. The summed E-state index contributed by atoms with van der Waals surface area (Å²) in [4.78, 5) is 0. The molecule has 2 aromatic rings. The van der Waals surface area contributed by atoms with Gasteiger partial charge in [-0.3, -0.25) is 0 Å². The Morgan fingerprint density at radius 1 is 0.950 bits per heavy atom. The van der Waals surface area contributed by atoms with Gasteiger partial charge in [-0.1, -0.05) is 29.8 Å². The summed E-state index contributed by atoms with van der Waals surface area (Å²) < 4.78 is 11.2. The summed E-state index contributed by atoms with van der Waals surface area (Å²) in [6, 6.07) is 12.2. The number of ether oxygens (including phenoxy) is 2. The molecule has 1 aliphatic heterocycles. The van der Waals surface area contributed by atoms with E-state index in [9.17, 15) is 0 Å². The predicted molar refractivity (Wildman–Crippen MR) is 79.4 cm³/mol. The zero-order chi connectivity index (χ0) is 14.1.